The first-order valence-corrected chi connectivity index (χ1v) is 6.49. The Morgan fingerprint density at radius 2 is 1.76 bits per heavy atom. The Labute approximate surface area is 124 Å². The SMILES string of the molecule is Cc1ccc(OP(=O)(O)O)c(C(C)(C)C)c1.[NaH]. The van der Waals surface area contributed by atoms with Crippen molar-refractivity contribution >= 4 is 37.4 Å². The standard InChI is InChI=1S/C11H17O4P.Na.H/c1-8-5-6-10(15-16(12,13)14)9(7-8)11(2,3)4;;/h5-7H,1-4H3,(H2,12,13,14);;. The molecule has 0 bridgehead atoms. The van der Waals surface area contributed by atoms with E-state index in [-0.39, 0.29) is 40.7 Å². The molecule has 0 atom stereocenters. The van der Waals surface area contributed by atoms with Gasteiger partial charge >= 0.3 is 37.4 Å². The molecule has 0 aliphatic heterocycles. The van der Waals surface area contributed by atoms with E-state index in [0.29, 0.717) is 0 Å². The third-order valence-corrected chi connectivity index (χ3v) is 2.59. The first-order chi connectivity index (χ1) is 7.09. The van der Waals surface area contributed by atoms with Crippen LogP contribution in [0, 0.1) is 6.92 Å². The van der Waals surface area contributed by atoms with Crippen molar-refractivity contribution in [1.82, 2.24) is 0 Å². The average Bonchev–Trinajstić information content (AvgIpc) is 2.04. The van der Waals surface area contributed by atoms with Crippen LogP contribution in [0.2, 0.25) is 0 Å². The van der Waals surface area contributed by atoms with Gasteiger partial charge in [-0.3, -0.25) is 9.79 Å². The van der Waals surface area contributed by atoms with E-state index in [9.17, 15) is 4.57 Å². The molecule has 0 spiro atoms. The third-order valence-electron chi connectivity index (χ3n) is 2.16. The van der Waals surface area contributed by atoms with Crippen LogP contribution in [0.25, 0.3) is 0 Å². The molecule has 4 nitrogen and oxygen atoms in total. The van der Waals surface area contributed by atoms with Crippen molar-refractivity contribution in [3.05, 3.63) is 29.3 Å². The van der Waals surface area contributed by atoms with E-state index < -0.39 is 7.82 Å². The van der Waals surface area contributed by atoms with E-state index in [1.807, 2.05) is 33.8 Å². The van der Waals surface area contributed by atoms with Crippen molar-refractivity contribution in [3.8, 4) is 5.75 Å². The molecule has 0 saturated heterocycles. The Bertz CT molecular complexity index is 434. The first kappa shape index (κ1) is 17.2. The molecule has 0 radical (unpaired) electrons. The van der Waals surface area contributed by atoms with Gasteiger partial charge in [-0.15, -0.1) is 0 Å². The van der Waals surface area contributed by atoms with Crippen LogP contribution < -0.4 is 4.52 Å². The van der Waals surface area contributed by atoms with Gasteiger partial charge in [-0.25, -0.2) is 4.57 Å². The van der Waals surface area contributed by atoms with E-state index in [4.69, 9.17) is 9.79 Å². The molecule has 1 rings (SSSR count). The van der Waals surface area contributed by atoms with Crippen LogP contribution in [-0.2, 0) is 9.98 Å². The zero-order valence-corrected chi connectivity index (χ0v) is 10.8. The van der Waals surface area contributed by atoms with E-state index in [0.717, 1.165) is 11.1 Å². The van der Waals surface area contributed by atoms with Gasteiger partial charge in [0.15, 0.2) is 0 Å². The molecule has 92 valence electrons. The first-order valence-electron chi connectivity index (χ1n) is 4.96. The molecule has 2 N–H and O–H groups in total. The van der Waals surface area contributed by atoms with E-state index in [2.05, 4.69) is 4.52 Å². The van der Waals surface area contributed by atoms with Crippen LogP contribution in [0.15, 0.2) is 18.2 Å². The number of aryl methyl sites for hydroxylation is 1. The molecule has 0 aliphatic rings. The molecule has 0 aliphatic carbocycles. The Hall–Kier alpha value is 0.170. The van der Waals surface area contributed by atoms with Gasteiger partial charge in [0.2, 0.25) is 0 Å². The minimum absolute atomic E-state index is 0. The summed E-state index contributed by atoms with van der Waals surface area (Å²) in [5.74, 6) is 0.242. The second-order valence-electron chi connectivity index (χ2n) is 4.83. The number of hydrogen-bond donors (Lipinski definition) is 2. The maximum atomic E-state index is 10.8. The molecule has 0 unspecified atom stereocenters. The van der Waals surface area contributed by atoms with Crippen LogP contribution in [0.1, 0.15) is 31.9 Å². The molecule has 6 heteroatoms. The molecule has 0 saturated carbocycles. The maximum absolute atomic E-state index is 10.8. The number of hydrogen-bond acceptors (Lipinski definition) is 2. The number of rotatable bonds is 2. The topological polar surface area (TPSA) is 66.8 Å². The summed E-state index contributed by atoms with van der Waals surface area (Å²) >= 11 is 0. The van der Waals surface area contributed by atoms with Crippen LogP contribution in [0.4, 0.5) is 0 Å². The summed E-state index contributed by atoms with van der Waals surface area (Å²) in [6.45, 7) is 7.83. The van der Waals surface area contributed by atoms with Crippen LogP contribution in [0.3, 0.4) is 0 Å². The van der Waals surface area contributed by atoms with Gasteiger partial charge in [0.25, 0.3) is 0 Å². The van der Waals surface area contributed by atoms with Gasteiger partial charge in [0, 0.05) is 5.56 Å². The molecule has 17 heavy (non-hydrogen) atoms. The van der Waals surface area contributed by atoms with Crippen molar-refractivity contribution in [2.24, 2.45) is 0 Å². The fraction of sp³-hybridized carbons (Fsp3) is 0.455. The predicted molar refractivity (Wildman–Crippen MR) is 69.7 cm³/mol. The molecular formula is C11H18NaO4P. The van der Waals surface area contributed by atoms with Crippen molar-refractivity contribution in [2.75, 3.05) is 0 Å². The molecule has 1 aromatic rings. The number of phosphoric acid groups is 1. The van der Waals surface area contributed by atoms with E-state index in [1.165, 1.54) is 0 Å². The van der Waals surface area contributed by atoms with E-state index in [1.54, 1.807) is 12.1 Å². The summed E-state index contributed by atoms with van der Waals surface area (Å²) in [7, 11) is -4.50. The molecule has 1 aromatic carbocycles. The Morgan fingerprint density at radius 3 is 2.18 bits per heavy atom. The fourth-order valence-electron chi connectivity index (χ4n) is 1.44. The number of benzene rings is 1. The molecular weight excluding hydrogens is 250 g/mol. The summed E-state index contributed by atoms with van der Waals surface area (Å²) in [5.41, 5.74) is 1.59. The van der Waals surface area contributed by atoms with Gasteiger partial charge in [0.05, 0.1) is 0 Å². The Balaban J connectivity index is 0.00000256. The zero-order valence-electron chi connectivity index (χ0n) is 9.89. The molecule has 0 amide bonds. The van der Waals surface area contributed by atoms with Gasteiger partial charge in [-0.1, -0.05) is 38.5 Å². The Kier molecular flexibility index (Phi) is 5.93. The van der Waals surface area contributed by atoms with Gasteiger partial charge in [-0.2, -0.15) is 0 Å². The van der Waals surface area contributed by atoms with Crippen molar-refractivity contribution in [2.45, 2.75) is 33.1 Å². The summed E-state index contributed by atoms with van der Waals surface area (Å²) in [5, 5.41) is 0. The summed E-state index contributed by atoms with van der Waals surface area (Å²) < 4.78 is 15.5. The van der Waals surface area contributed by atoms with Crippen LogP contribution in [0.5, 0.6) is 5.75 Å². The third kappa shape index (κ3) is 5.56. The van der Waals surface area contributed by atoms with Crippen molar-refractivity contribution < 1.29 is 18.9 Å². The van der Waals surface area contributed by atoms with Gasteiger partial charge in [-0.05, 0) is 18.4 Å². The molecule has 0 fully saturated rings. The summed E-state index contributed by atoms with van der Waals surface area (Å²) in [6.07, 6.45) is 0. The minimum atomic E-state index is -4.50. The average molecular weight is 268 g/mol. The monoisotopic (exact) mass is 268 g/mol. The van der Waals surface area contributed by atoms with Crippen molar-refractivity contribution in [1.29, 1.82) is 0 Å². The van der Waals surface area contributed by atoms with E-state index >= 15 is 0 Å². The molecule has 0 heterocycles. The van der Waals surface area contributed by atoms with Gasteiger partial charge in [0.1, 0.15) is 5.75 Å². The molecule has 0 aromatic heterocycles. The predicted octanol–water partition coefficient (Wildman–Crippen LogP) is 2.12. The van der Waals surface area contributed by atoms with Gasteiger partial charge < -0.3 is 4.52 Å². The van der Waals surface area contributed by atoms with Crippen LogP contribution in [-0.4, -0.2) is 39.3 Å². The zero-order chi connectivity index (χ0) is 12.6. The summed E-state index contributed by atoms with van der Waals surface area (Å²) in [4.78, 5) is 17.6. The Morgan fingerprint density at radius 1 is 1.24 bits per heavy atom. The van der Waals surface area contributed by atoms with Crippen molar-refractivity contribution in [3.63, 3.8) is 0 Å². The van der Waals surface area contributed by atoms with Crippen LogP contribution >= 0.6 is 7.82 Å². The fourth-order valence-corrected chi connectivity index (χ4v) is 1.85. The second kappa shape index (κ2) is 5.87. The normalized spacial score (nSPS) is 11.9. The second-order valence-corrected chi connectivity index (χ2v) is 6.00. The quantitative estimate of drug-likeness (QED) is 0.637. The number of phosphoric ester groups is 1. The summed E-state index contributed by atoms with van der Waals surface area (Å²) in [6, 6.07) is 5.24.